The van der Waals surface area contributed by atoms with Crippen molar-refractivity contribution in [2.45, 2.75) is 6.54 Å². The molecule has 0 bridgehead atoms. The van der Waals surface area contributed by atoms with Crippen molar-refractivity contribution in [3.05, 3.63) is 47.7 Å². The van der Waals surface area contributed by atoms with E-state index in [1.165, 1.54) is 0 Å². The van der Waals surface area contributed by atoms with Gasteiger partial charge in [0.15, 0.2) is 11.5 Å². The summed E-state index contributed by atoms with van der Waals surface area (Å²) >= 11 is 0. The minimum atomic E-state index is -0.174. The summed E-state index contributed by atoms with van der Waals surface area (Å²) in [5.74, 6) is 1.87. The number of nitrogens with one attached hydrogen (secondary N) is 2. The zero-order valence-electron chi connectivity index (χ0n) is 15.7. The summed E-state index contributed by atoms with van der Waals surface area (Å²) in [6.45, 7) is 2.10. The van der Waals surface area contributed by atoms with E-state index in [2.05, 4.69) is 20.5 Å². The number of likely N-dealkylation sites (N-methyl/N-ethyl adjacent to an activating group) is 1. The zero-order valence-corrected chi connectivity index (χ0v) is 15.7. The number of carbonyl (C=O) groups excluding carboxylic acids is 1. The maximum Gasteiger partial charge on any atom is 0.253 e. The summed E-state index contributed by atoms with van der Waals surface area (Å²) in [6, 6.07) is 9.11. The van der Waals surface area contributed by atoms with Gasteiger partial charge in [-0.3, -0.25) is 4.79 Å². The number of amides is 1. The van der Waals surface area contributed by atoms with Crippen molar-refractivity contribution in [3.63, 3.8) is 0 Å². The Morgan fingerprint density at radius 1 is 1.12 bits per heavy atom. The monoisotopic (exact) mass is 358 g/mol. The smallest absolute Gasteiger partial charge is 0.253 e. The molecular weight excluding hydrogens is 332 g/mol. The van der Waals surface area contributed by atoms with Crippen LogP contribution in [0, 0.1) is 0 Å². The fourth-order valence-electron chi connectivity index (χ4n) is 2.32. The van der Waals surface area contributed by atoms with E-state index >= 15 is 0 Å². The van der Waals surface area contributed by atoms with Gasteiger partial charge in [-0.05, 0) is 43.9 Å². The molecule has 7 heteroatoms. The number of benzene rings is 1. The molecule has 0 radical (unpaired) electrons. The third kappa shape index (κ3) is 5.63. The lowest BCUT2D eigenvalue weighted by atomic mass is 10.2. The second-order valence-corrected chi connectivity index (χ2v) is 6.03. The van der Waals surface area contributed by atoms with Crippen LogP contribution in [0.2, 0.25) is 0 Å². The Bertz CT molecular complexity index is 717. The molecule has 7 nitrogen and oxygen atoms in total. The lowest BCUT2D eigenvalue weighted by molar-refractivity contribution is 0.0950. The Morgan fingerprint density at radius 2 is 1.88 bits per heavy atom. The SMILES string of the molecule is COc1ccc(CNC(=O)c2ccc(NCCN(C)C)nc2)cc1OC. The highest BCUT2D eigenvalue weighted by Crippen LogP contribution is 2.27. The Morgan fingerprint density at radius 3 is 2.50 bits per heavy atom. The predicted molar refractivity (Wildman–Crippen MR) is 102 cm³/mol. The quantitative estimate of drug-likeness (QED) is 0.714. The van der Waals surface area contributed by atoms with E-state index in [9.17, 15) is 4.79 Å². The summed E-state index contributed by atoms with van der Waals surface area (Å²) in [5.41, 5.74) is 1.44. The molecule has 2 N–H and O–H groups in total. The van der Waals surface area contributed by atoms with Crippen LogP contribution in [0.3, 0.4) is 0 Å². The number of hydrogen-bond acceptors (Lipinski definition) is 6. The summed E-state index contributed by atoms with van der Waals surface area (Å²) in [7, 11) is 7.20. The third-order valence-electron chi connectivity index (χ3n) is 3.79. The molecule has 1 aromatic carbocycles. The zero-order chi connectivity index (χ0) is 18.9. The van der Waals surface area contributed by atoms with Gasteiger partial charge in [-0.2, -0.15) is 0 Å². The number of pyridine rings is 1. The van der Waals surface area contributed by atoms with E-state index in [0.29, 0.717) is 23.6 Å². The van der Waals surface area contributed by atoms with E-state index in [0.717, 1.165) is 24.5 Å². The van der Waals surface area contributed by atoms with Gasteiger partial charge < -0.3 is 25.0 Å². The molecule has 0 atom stereocenters. The molecule has 2 rings (SSSR count). The van der Waals surface area contributed by atoms with E-state index in [-0.39, 0.29) is 5.91 Å². The van der Waals surface area contributed by atoms with Crippen LogP contribution in [-0.2, 0) is 6.54 Å². The summed E-state index contributed by atoms with van der Waals surface area (Å²) in [6.07, 6.45) is 1.57. The first-order chi connectivity index (χ1) is 12.5. The Balaban J connectivity index is 1.89. The van der Waals surface area contributed by atoms with Crippen molar-refractivity contribution in [2.75, 3.05) is 46.7 Å². The fourth-order valence-corrected chi connectivity index (χ4v) is 2.32. The predicted octanol–water partition coefficient (Wildman–Crippen LogP) is 2.00. The largest absolute Gasteiger partial charge is 0.493 e. The number of carbonyl (C=O) groups is 1. The molecule has 0 saturated carbocycles. The highest BCUT2D eigenvalue weighted by atomic mass is 16.5. The van der Waals surface area contributed by atoms with Gasteiger partial charge in [-0.1, -0.05) is 6.07 Å². The van der Waals surface area contributed by atoms with Crippen LogP contribution < -0.4 is 20.1 Å². The molecule has 2 aromatic rings. The van der Waals surface area contributed by atoms with Crippen LogP contribution in [0.4, 0.5) is 5.82 Å². The average Bonchev–Trinajstić information content (AvgIpc) is 2.66. The molecule has 0 spiro atoms. The van der Waals surface area contributed by atoms with Gasteiger partial charge in [0.25, 0.3) is 5.91 Å². The van der Waals surface area contributed by atoms with Crippen molar-refractivity contribution in [1.29, 1.82) is 0 Å². The normalized spacial score (nSPS) is 10.5. The van der Waals surface area contributed by atoms with E-state index < -0.39 is 0 Å². The van der Waals surface area contributed by atoms with Crippen molar-refractivity contribution < 1.29 is 14.3 Å². The second kappa shape index (κ2) is 9.62. The van der Waals surface area contributed by atoms with Gasteiger partial charge in [0.05, 0.1) is 19.8 Å². The Hall–Kier alpha value is -2.80. The molecule has 0 aliphatic carbocycles. The van der Waals surface area contributed by atoms with Crippen molar-refractivity contribution in [2.24, 2.45) is 0 Å². The molecule has 0 unspecified atom stereocenters. The van der Waals surface area contributed by atoms with E-state index in [4.69, 9.17) is 9.47 Å². The molecule has 140 valence electrons. The van der Waals surface area contributed by atoms with Crippen LogP contribution in [-0.4, -0.2) is 57.2 Å². The van der Waals surface area contributed by atoms with Gasteiger partial charge >= 0.3 is 0 Å². The summed E-state index contributed by atoms with van der Waals surface area (Å²) in [5, 5.41) is 6.09. The maximum absolute atomic E-state index is 12.3. The lowest BCUT2D eigenvalue weighted by Crippen LogP contribution is -2.23. The van der Waals surface area contributed by atoms with Gasteiger partial charge in [0.2, 0.25) is 0 Å². The summed E-state index contributed by atoms with van der Waals surface area (Å²) in [4.78, 5) is 18.6. The van der Waals surface area contributed by atoms with Gasteiger partial charge in [0, 0.05) is 25.8 Å². The number of hydrogen-bond donors (Lipinski definition) is 2. The Labute approximate surface area is 154 Å². The molecule has 26 heavy (non-hydrogen) atoms. The first-order valence-electron chi connectivity index (χ1n) is 8.37. The second-order valence-electron chi connectivity index (χ2n) is 6.03. The average molecular weight is 358 g/mol. The number of nitrogens with zero attached hydrogens (tertiary/aromatic N) is 2. The summed E-state index contributed by atoms with van der Waals surface area (Å²) < 4.78 is 10.5. The van der Waals surface area contributed by atoms with Crippen molar-refractivity contribution in [1.82, 2.24) is 15.2 Å². The van der Waals surface area contributed by atoms with Crippen LogP contribution in [0.25, 0.3) is 0 Å². The molecule has 0 aliphatic rings. The third-order valence-corrected chi connectivity index (χ3v) is 3.79. The molecule has 1 aromatic heterocycles. The molecule has 1 heterocycles. The topological polar surface area (TPSA) is 75.7 Å². The van der Waals surface area contributed by atoms with Crippen LogP contribution in [0.15, 0.2) is 36.5 Å². The molecule has 1 amide bonds. The number of ether oxygens (including phenoxy) is 2. The van der Waals surface area contributed by atoms with Crippen LogP contribution in [0.1, 0.15) is 15.9 Å². The fraction of sp³-hybridized carbons (Fsp3) is 0.368. The molecular formula is C19H26N4O3. The van der Waals surface area contributed by atoms with Crippen molar-refractivity contribution in [3.8, 4) is 11.5 Å². The first kappa shape index (κ1) is 19.5. The standard InChI is InChI=1S/C19H26N4O3/c1-23(2)10-9-20-18-8-6-15(13-21-18)19(24)22-12-14-5-7-16(25-3)17(11-14)26-4/h5-8,11,13H,9-10,12H2,1-4H3,(H,20,21)(H,22,24). The van der Waals surface area contributed by atoms with Crippen LogP contribution >= 0.6 is 0 Å². The number of anilines is 1. The minimum absolute atomic E-state index is 0.174. The molecule has 0 aliphatic heterocycles. The highest BCUT2D eigenvalue weighted by Gasteiger charge is 2.08. The first-order valence-corrected chi connectivity index (χ1v) is 8.37. The lowest BCUT2D eigenvalue weighted by Gasteiger charge is -2.11. The molecule has 0 fully saturated rings. The van der Waals surface area contributed by atoms with Gasteiger partial charge in [-0.25, -0.2) is 4.98 Å². The van der Waals surface area contributed by atoms with Gasteiger partial charge in [0.1, 0.15) is 5.82 Å². The van der Waals surface area contributed by atoms with Crippen LogP contribution in [0.5, 0.6) is 11.5 Å². The van der Waals surface area contributed by atoms with Gasteiger partial charge in [-0.15, -0.1) is 0 Å². The van der Waals surface area contributed by atoms with E-state index in [1.54, 1.807) is 32.5 Å². The Kier molecular flexibility index (Phi) is 7.23. The minimum Gasteiger partial charge on any atom is -0.493 e. The van der Waals surface area contributed by atoms with Crippen molar-refractivity contribution >= 4 is 11.7 Å². The number of aromatic nitrogens is 1. The number of methoxy groups -OCH3 is 2. The maximum atomic E-state index is 12.3. The highest BCUT2D eigenvalue weighted by molar-refractivity contribution is 5.94. The van der Waals surface area contributed by atoms with E-state index in [1.807, 2.05) is 32.3 Å². The molecule has 0 saturated heterocycles. The number of rotatable bonds is 9.